The van der Waals surface area contributed by atoms with E-state index in [0.29, 0.717) is 6.04 Å². The van der Waals surface area contributed by atoms with E-state index in [4.69, 9.17) is 9.47 Å². The summed E-state index contributed by atoms with van der Waals surface area (Å²) >= 11 is 0. The van der Waals surface area contributed by atoms with Crippen molar-refractivity contribution in [2.24, 2.45) is 0 Å². The van der Waals surface area contributed by atoms with Gasteiger partial charge in [0.15, 0.2) is 11.5 Å². The summed E-state index contributed by atoms with van der Waals surface area (Å²) in [5.74, 6) is 1.82. The molecule has 3 nitrogen and oxygen atoms in total. The van der Waals surface area contributed by atoms with Crippen LogP contribution in [0.25, 0.3) is 10.8 Å². The number of hydrogen-bond acceptors (Lipinski definition) is 3. The Morgan fingerprint density at radius 1 is 1.00 bits per heavy atom. The van der Waals surface area contributed by atoms with Crippen LogP contribution in [0.4, 0.5) is 5.69 Å². The summed E-state index contributed by atoms with van der Waals surface area (Å²) in [4.78, 5) is 2.59. The van der Waals surface area contributed by atoms with E-state index < -0.39 is 0 Å². The first-order valence-corrected chi connectivity index (χ1v) is 10.8. The summed E-state index contributed by atoms with van der Waals surface area (Å²) in [6, 6.07) is 22.0. The van der Waals surface area contributed by atoms with Gasteiger partial charge in [0.25, 0.3) is 0 Å². The molecule has 3 aromatic carbocycles. The molecule has 0 saturated heterocycles. The molecule has 0 radical (unpaired) electrons. The Labute approximate surface area is 173 Å². The second-order valence-electron chi connectivity index (χ2n) is 8.33. The molecule has 1 saturated carbocycles. The number of para-hydroxylation sites is 1. The van der Waals surface area contributed by atoms with Crippen LogP contribution in [-0.4, -0.2) is 25.3 Å². The largest absolute Gasteiger partial charge is 0.493 e. The van der Waals surface area contributed by atoms with Crippen LogP contribution in [-0.2, 0) is 6.42 Å². The smallest absolute Gasteiger partial charge is 0.165 e. The van der Waals surface area contributed by atoms with Crippen molar-refractivity contribution in [1.82, 2.24) is 0 Å². The molecule has 3 aromatic rings. The van der Waals surface area contributed by atoms with E-state index in [2.05, 4.69) is 66.4 Å². The van der Waals surface area contributed by atoms with Crippen molar-refractivity contribution < 1.29 is 9.47 Å². The SMILES string of the molecule is CCN(c1cccc2ccccc12)C1Cc2cccc(OC)c2OC12CCCC2. The topological polar surface area (TPSA) is 21.7 Å². The number of anilines is 1. The number of hydrogen-bond donors (Lipinski definition) is 0. The van der Waals surface area contributed by atoms with Gasteiger partial charge in [-0.05, 0) is 50.1 Å². The summed E-state index contributed by atoms with van der Waals surface area (Å²) in [5.41, 5.74) is 2.43. The predicted molar refractivity (Wildman–Crippen MR) is 119 cm³/mol. The molecule has 0 aromatic heterocycles. The first-order valence-electron chi connectivity index (χ1n) is 10.8. The lowest BCUT2D eigenvalue weighted by Gasteiger charge is -2.48. The summed E-state index contributed by atoms with van der Waals surface area (Å²) in [7, 11) is 1.74. The average Bonchev–Trinajstić information content (AvgIpc) is 3.23. The van der Waals surface area contributed by atoms with Crippen molar-refractivity contribution in [3.63, 3.8) is 0 Å². The van der Waals surface area contributed by atoms with Gasteiger partial charge in [-0.15, -0.1) is 0 Å². The molecule has 150 valence electrons. The van der Waals surface area contributed by atoms with Gasteiger partial charge >= 0.3 is 0 Å². The van der Waals surface area contributed by atoms with Gasteiger partial charge in [-0.2, -0.15) is 0 Å². The van der Waals surface area contributed by atoms with Crippen LogP contribution >= 0.6 is 0 Å². The molecule has 3 heteroatoms. The van der Waals surface area contributed by atoms with Crippen LogP contribution in [0, 0.1) is 0 Å². The summed E-state index contributed by atoms with van der Waals surface area (Å²) < 4.78 is 12.5. The molecule has 5 rings (SSSR count). The van der Waals surface area contributed by atoms with E-state index in [9.17, 15) is 0 Å². The fourth-order valence-electron chi connectivity index (χ4n) is 5.48. The van der Waals surface area contributed by atoms with Crippen molar-refractivity contribution in [2.45, 2.75) is 50.7 Å². The average molecular weight is 388 g/mol. The van der Waals surface area contributed by atoms with E-state index in [1.54, 1.807) is 7.11 Å². The molecule has 0 bridgehead atoms. The highest BCUT2D eigenvalue weighted by atomic mass is 16.5. The summed E-state index contributed by atoms with van der Waals surface area (Å²) in [6.45, 7) is 3.23. The Morgan fingerprint density at radius 3 is 2.55 bits per heavy atom. The molecule has 1 aliphatic carbocycles. The van der Waals surface area contributed by atoms with Crippen LogP contribution in [0.2, 0.25) is 0 Å². The zero-order valence-corrected chi connectivity index (χ0v) is 17.4. The van der Waals surface area contributed by atoms with Gasteiger partial charge in [-0.3, -0.25) is 0 Å². The van der Waals surface area contributed by atoms with Gasteiger partial charge in [0.2, 0.25) is 0 Å². The second kappa shape index (κ2) is 7.29. The third kappa shape index (κ3) is 2.95. The number of fused-ring (bicyclic) bond motifs is 2. The molecule has 1 spiro atoms. The minimum absolute atomic E-state index is 0.144. The fraction of sp³-hybridized carbons (Fsp3) is 0.385. The van der Waals surface area contributed by atoms with Gasteiger partial charge in [-0.1, -0.05) is 48.5 Å². The van der Waals surface area contributed by atoms with E-state index >= 15 is 0 Å². The molecule has 0 amide bonds. The Morgan fingerprint density at radius 2 is 1.76 bits per heavy atom. The molecule has 1 fully saturated rings. The number of likely N-dealkylation sites (N-methyl/N-ethyl adjacent to an activating group) is 1. The zero-order chi connectivity index (χ0) is 19.8. The number of benzene rings is 3. The summed E-state index contributed by atoms with van der Waals surface area (Å²) in [5, 5.41) is 2.61. The highest BCUT2D eigenvalue weighted by molar-refractivity contribution is 5.94. The van der Waals surface area contributed by atoms with Crippen molar-refractivity contribution in [1.29, 1.82) is 0 Å². The monoisotopic (exact) mass is 387 g/mol. The Balaban J connectivity index is 1.63. The van der Waals surface area contributed by atoms with Gasteiger partial charge in [0, 0.05) is 29.6 Å². The minimum Gasteiger partial charge on any atom is -0.493 e. The molecule has 0 N–H and O–H groups in total. The van der Waals surface area contributed by atoms with Crippen molar-refractivity contribution in [2.75, 3.05) is 18.6 Å². The first kappa shape index (κ1) is 18.4. The Hall–Kier alpha value is -2.68. The van der Waals surface area contributed by atoms with E-state index in [1.807, 2.05) is 6.07 Å². The molecule has 1 unspecified atom stereocenters. The highest BCUT2D eigenvalue weighted by Crippen LogP contribution is 2.49. The second-order valence-corrected chi connectivity index (χ2v) is 8.33. The lowest BCUT2D eigenvalue weighted by molar-refractivity contribution is 0.0281. The van der Waals surface area contributed by atoms with Gasteiger partial charge < -0.3 is 14.4 Å². The Bertz CT molecular complexity index is 1020. The van der Waals surface area contributed by atoms with Crippen LogP contribution in [0.1, 0.15) is 38.2 Å². The quantitative estimate of drug-likeness (QED) is 0.549. The normalized spacial score (nSPS) is 19.7. The molecular weight excluding hydrogens is 358 g/mol. The van der Waals surface area contributed by atoms with Gasteiger partial charge in [0.1, 0.15) is 5.60 Å². The summed E-state index contributed by atoms with van der Waals surface area (Å²) in [6.07, 6.45) is 5.67. The molecular formula is C26H29NO2. The standard InChI is InChI=1S/C26H29NO2/c1-3-27(22-14-8-11-19-10-4-5-13-21(19)22)24-18-20-12-9-15-23(28-2)25(20)29-26(24)16-6-7-17-26/h4-5,8-15,24H,3,6-7,16-18H2,1-2H3. The van der Waals surface area contributed by atoms with Crippen molar-refractivity contribution in [3.05, 3.63) is 66.2 Å². The van der Waals surface area contributed by atoms with Gasteiger partial charge in [-0.25, -0.2) is 0 Å². The molecule has 29 heavy (non-hydrogen) atoms. The minimum atomic E-state index is -0.144. The van der Waals surface area contributed by atoms with Crippen LogP contribution in [0.3, 0.4) is 0 Å². The lowest BCUT2D eigenvalue weighted by Crippen LogP contribution is -2.58. The highest BCUT2D eigenvalue weighted by Gasteiger charge is 2.50. The maximum absolute atomic E-state index is 6.86. The van der Waals surface area contributed by atoms with E-state index in [1.165, 1.54) is 34.9 Å². The third-order valence-electron chi connectivity index (χ3n) is 6.85. The first-order chi connectivity index (χ1) is 14.3. The number of nitrogens with zero attached hydrogens (tertiary/aromatic N) is 1. The van der Waals surface area contributed by atoms with E-state index in [0.717, 1.165) is 37.3 Å². The number of ether oxygens (including phenoxy) is 2. The predicted octanol–water partition coefficient (Wildman–Crippen LogP) is 5.99. The van der Waals surface area contributed by atoms with Crippen molar-refractivity contribution in [3.8, 4) is 11.5 Å². The maximum Gasteiger partial charge on any atom is 0.165 e. The van der Waals surface area contributed by atoms with Gasteiger partial charge in [0.05, 0.1) is 13.2 Å². The van der Waals surface area contributed by atoms with Crippen LogP contribution < -0.4 is 14.4 Å². The lowest BCUT2D eigenvalue weighted by atomic mass is 9.82. The molecule has 1 atom stereocenters. The number of rotatable bonds is 4. The number of methoxy groups -OCH3 is 1. The van der Waals surface area contributed by atoms with Crippen LogP contribution in [0.15, 0.2) is 60.7 Å². The van der Waals surface area contributed by atoms with Crippen molar-refractivity contribution >= 4 is 16.5 Å². The zero-order valence-electron chi connectivity index (χ0n) is 17.4. The van der Waals surface area contributed by atoms with Crippen LogP contribution in [0.5, 0.6) is 11.5 Å². The molecule has 1 aliphatic heterocycles. The molecule has 2 aliphatic rings. The van der Waals surface area contributed by atoms with E-state index in [-0.39, 0.29) is 5.60 Å². The maximum atomic E-state index is 6.86. The fourth-order valence-corrected chi connectivity index (χ4v) is 5.48. The third-order valence-corrected chi connectivity index (χ3v) is 6.85. The molecule has 1 heterocycles. The Kier molecular flexibility index (Phi) is 4.61.